The minimum atomic E-state index is -0.258. The number of nitrogens with one attached hydrogen (secondary N) is 1. The van der Waals surface area contributed by atoms with Crippen LogP contribution in [0, 0.1) is 12.7 Å². The molecule has 140 valence electrons. The van der Waals surface area contributed by atoms with Crippen LogP contribution in [0.2, 0.25) is 0 Å². The normalized spacial score (nSPS) is 13.0. The summed E-state index contributed by atoms with van der Waals surface area (Å²) in [6, 6.07) is 11.7. The van der Waals surface area contributed by atoms with Gasteiger partial charge in [-0.1, -0.05) is 30.4 Å². The van der Waals surface area contributed by atoms with E-state index in [1.54, 1.807) is 29.2 Å². The smallest absolute Gasteiger partial charge is 0.254 e. The van der Waals surface area contributed by atoms with Gasteiger partial charge in [0.2, 0.25) is 5.91 Å². The summed E-state index contributed by atoms with van der Waals surface area (Å²) in [5.74, 6) is -0.384. The van der Waals surface area contributed by atoms with Crippen molar-refractivity contribution in [3.63, 3.8) is 0 Å². The molecule has 0 fully saturated rings. The second-order valence-electron chi connectivity index (χ2n) is 6.74. The van der Waals surface area contributed by atoms with Crippen LogP contribution in [0.5, 0.6) is 0 Å². The molecule has 2 amide bonds. The molecule has 0 spiro atoms. The van der Waals surface area contributed by atoms with Crippen LogP contribution in [0.15, 0.2) is 54.6 Å². The number of nitrogens with zero attached hydrogens (tertiary/aromatic N) is 1. The Morgan fingerprint density at radius 2 is 1.78 bits per heavy atom. The summed E-state index contributed by atoms with van der Waals surface area (Å²) in [4.78, 5) is 26.5. The lowest BCUT2D eigenvalue weighted by molar-refractivity contribution is -0.116. The Morgan fingerprint density at radius 3 is 2.48 bits per heavy atom. The van der Waals surface area contributed by atoms with Crippen molar-refractivity contribution in [3.8, 4) is 0 Å². The summed E-state index contributed by atoms with van der Waals surface area (Å²) < 4.78 is 12.9. The molecule has 0 bridgehead atoms. The fourth-order valence-corrected chi connectivity index (χ4v) is 3.03. The third kappa shape index (κ3) is 5.03. The van der Waals surface area contributed by atoms with E-state index >= 15 is 0 Å². The Labute approximate surface area is 158 Å². The third-order valence-corrected chi connectivity index (χ3v) is 4.65. The molecule has 0 saturated heterocycles. The van der Waals surface area contributed by atoms with Crippen molar-refractivity contribution < 1.29 is 14.0 Å². The Hall–Kier alpha value is -2.95. The zero-order valence-corrected chi connectivity index (χ0v) is 15.4. The molecule has 0 radical (unpaired) electrons. The number of carbonyl (C=O) groups excluding carboxylic acids is 2. The number of aryl methyl sites for hydroxylation is 2. The van der Waals surface area contributed by atoms with Crippen molar-refractivity contribution in [2.45, 2.75) is 26.2 Å². The maximum Gasteiger partial charge on any atom is 0.254 e. The highest BCUT2D eigenvalue weighted by Gasteiger charge is 2.17. The average molecular weight is 366 g/mol. The van der Waals surface area contributed by atoms with Crippen LogP contribution in [0.1, 0.15) is 34.3 Å². The van der Waals surface area contributed by atoms with E-state index in [0.29, 0.717) is 43.6 Å². The Morgan fingerprint density at radius 1 is 1.07 bits per heavy atom. The summed E-state index contributed by atoms with van der Waals surface area (Å²) in [6.45, 7) is 3.15. The molecule has 4 nitrogen and oxygen atoms in total. The Bertz CT molecular complexity index is 851. The molecule has 27 heavy (non-hydrogen) atoms. The molecule has 0 saturated carbocycles. The van der Waals surface area contributed by atoms with Crippen molar-refractivity contribution >= 4 is 17.5 Å². The minimum Gasteiger partial charge on any atom is -0.331 e. The lowest BCUT2D eigenvalue weighted by atomic mass is 10.1. The van der Waals surface area contributed by atoms with E-state index in [1.165, 1.54) is 12.1 Å². The number of halogens is 1. The first-order chi connectivity index (χ1) is 13.0. The van der Waals surface area contributed by atoms with E-state index in [2.05, 4.69) is 5.32 Å². The third-order valence-electron chi connectivity index (χ3n) is 4.65. The van der Waals surface area contributed by atoms with Crippen LogP contribution in [-0.2, 0) is 11.2 Å². The predicted octanol–water partition coefficient (Wildman–Crippen LogP) is 4.11. The molecule has 0 atom stereocenters. The number of hydrogen-bond donors (Lipinski definition) is 1. The predicted molar refractivity (Wildman–Crippen MR) is 104 cm³/mol. The van der Waals surface area contributed by atoms with Gasteiger partial charge in [-0.2, -0.15) is 0 Å². The fraction of sp³-hybridized carbons (Fsp3) is 0.273. The molecule has 5 heteroatoms. The van der Waals surface area contributed by atoms with Crippen molar-refractivity contribution in [3.05, 3.63) is 77.1 Å². The first-order valence-corrected chi connectivity index (χ1v) is 9.12. The van der Waals surface area contributed by atoms with Crippen LogP contribution in [0.3, 0.4) is 0 Å². The van der Waals surface area contributed by atoms with Crippen molar-refractivity contribution in [1.29, 1.82) is 0 Å². The second-order valence-corrected chi connectivity index (χ2v) is 6.74. The SMILES string of the molecule is Cc1ccc(C(=O)N2CC=CC2)cc1NC(=O)CCCc1ccc(F)cc1. The first kappa shape index (κ1) is 18.8. The van der Waals surface area contributed by atoms with Gasteiger partial charge in [-0.3, -0.25) is 9.59 Å². The van der Waals surface area contributed by atoms with Crippen LogP contribution < -0.4 is 5.32 Å². The van der Waals surface area contributed by atoms with Gasteiger partial charge >= 0.3 is 0 Å². The standard InChI is InChI=1S/C22H23FN2O2/c1-16-7-10-18(22(27)25-13-2-3-14-25)15-20(16)24-21(26)6-4-5-17-8-11-19(23)12-9-17/h2-3,7-12,15H,4-6,13-14H2,1H3,(H,24,26). The minimum absolute atomic E-state index is 0.0354. The van der Waals surface area contributed by atoms with Crippen LogP contribution in [-0.4, -0.2) is 29.8 Å². The first-order valence-electron chi connectivity index (χ1n) is 9.12. The van der Waals surface area contributed by atoms with E-state index < -0.39 is 0 Å². The zero-order valence-electron chi connectivity index (χ0n) is 15.4. The summed E-state index contributed by atoms with van der Waals surface area (Å²) in [6.07, 6.45) is 5.69. The van der Waals surface area contributed by atoms with E-state index in [4.69, 9.17) is 0 Å². The molecule has 3 rings (SSSR count). The number of anilines is 1. The summed E-state index contributed by atoms with van der Waals surface area (Å²) in [5, 5.41) is 2.91. The van der Waals surface area contributed by atoms with Crippen LogP contribution >= 0.6 is 0 Å². The van der Waals surface area contributed by atoms with E-state index in [-0.39, 0.29) is 17.6 Å². The quantitative estimate of drug-likeness (QED) is 0.782. The lowest BCUT2D eigenvalue weighted by Gasteiger charge is -2.17. The van der Waals surface area contributed by atoms with Crippen molar-refractivity contribution in [2.75, 3.05) is 18.4 Å². The lowest BCUT2D eigenvalue weighted by Crippen LogP contribution is -2.28. The maximum absolute atomic E-state index is 12.9. The van der Waals surface area contributed by atoms with Gasteiger partial charge in [0.25, 0.3) is 5.91 Å². The molecule has 1 aliphatic heterocycles. The fourth-order valence-electron chi connectivity index (χ4n) is 3.03. The molecular weight excluding hydrogens is 343 g/mol. The van der Waals surface area contributed by atoms with Crippen molar-refractivity contribution in [2.24, 2.45) is 0 Å². The van der Waals surface area contributed by atoms with Gasteiger partial charge in [-0.05, 0) is 55.2 Å². The summed E-state index contributed by atoms with van der Waals surface area (Å²) in [5.41, 5.74) is 3.16. The monoisotopic (exact) mass is 366 g/mol. The molecule has 0 aromatic heterocycles. The van der Waals surface area contributed by atoms with Gasteiger partial charge in [-0.15, -0.1) is 0 Å². The Balaban J connectivity index is 1.55. The van der Waals surface area contributed by atoms with Crippen LogP contribution in [0.4, 0.5) is 10.1 Å². The molecule has 1 heterocycles. The van der Waals surface area contributed by atoms with Gasteiger partial charge in [0, 0.05) is 30.8 Å². The highest BCUT2D eigenvalue weighted by Crippen LogP contribution is 2.19. The van der Waals surface area contributed by atoms with Gasteiger partial charge in [-0.25, -0.2) is 4.39 Å². The zero-order chi connectivity index (χ0) is 19.2. The molecule has 0 unspecified atom stereocenters. The van der Waals surface area contributed by atoms with Crippen molar-refractivity contribution in [1.82, 2.24) is 4.90 Å². The van der Waals surface area contributed by atoms with Gasteiger partial charge in [0.1, 0.15) is 5.82 Å². The van der Waals surface area contributed by atoms with E-state index in [0.717, 1.165) is 11.1 Å². The highest BCUT2D eigenvalue weighted by atomic mass is 19.1. The summed E-state index contributed by atoms with van der Waals surface area (Å²) in [7, 11) is 0. The number of benzene rings is 2. The van der Waals surface area contributed by atoms with Crippen LogP contribution in [0.25, 0.3) is 0 Å². The number of carbonyl (C=O) groups is 2. The maximum atomic E-state index is 12.9. The number of amides is 2. The molecule has 1 aliphatic rings. The van der Waals surface area contributed by atoms with Gasteiger partial charge in [0.05, 0.1) is 0 Å². The van der Waals surface area contributed by atoms with E-state index in [9.17, 15) is 14.0 Å². The highest BCUT2D eigenvalue weighted by molar-refractivity contribution is 5.98. The molecule has 2 aromatic rings. The largest absolute Gasteiger partial charge is 0.331 e. The number of hydrogen-bond acceptors (Lipinski definition) is 2. The summed E-state index contributed by atoms with van der Waals surface area (Å²) >= 11 is 0. The molecule has 2 aromatic carbocycles. The molecule has 0 aliphatic carbocycles. The average Bonchev–Trinajstić information content (AvgIpc) is 3.19. The molecule has 1 N–H and O–H groups in total. The van der Waals surface area contributed by atoms with E-state index in [1.807, 2.05) is 25.1 Å². The second kappa shape index (κ2) is 8.62. The number of rotatable bonds is 6. The van der Waals surface area contributed by atoms with Gasteiger partial charge in [0.15, 0.2) is 0 Å². The molecular formula is C22H23FN2O2. The van der Waals surface area contributed by atoms with Gasteiger partial charge < -0.3 is 10.2 Å². The topological polar surface area (TPSA) is 49.4 Å². The Kier molecular flexibility index (Phi) is 6.01.